The van der Waals surface area contributed by atoms with Crippen molar-refractivity contribution in [1.29, 1.82) is 0 Å². The summed E-state index contributed by atoms with van der Waals surface area (Å²) in [5.74, 6) is 0.259. The molecule has 1 heterocycles. The second kappa shape index (κ2) is 23.2. The van der Waals surface area contributed by atoms with Crippen molar-refractivity contribution in [1.82, 2.24) is 5.32 Å². The van der Waals surface area contributed by atoms with Crippen molar-refractivity contribution in [2.75, 3.05) is 6.54 Å². The van der Waals surface area contributed by atoms with Gasteiger partial charge in [0, 0.05) is 13.0 Å². The fourth-order valence-electron chi connectivity index (χ4n) is 4.90. The van der Waals surface area contributed by atoms with Crippen molar-refractivity contribution in [2.45, 2.75) is 180 Å². The zero-order valence-corrected chi connectivity index (χ0v) is 22.6. The highest BCUT2D eigenvalue weighted by molar-refractivity contribution is 5.75. The molecule has 0 aromatic carbocycles. The van der Waals surface area contributed by atoms with E-state index in [1.54, 1.807) is 0 Å². The van der Waals surface area contributed by atoms with Gasteiger partial charge in [-0.1, -0.05) is 136 Å². The molecule has 33 heavy (non-hydrogen) atoms. The number of hydrogen-bond acceptors (Lipinski definition) is 2. The van der Waals surface area contributed by atoms with Crippen LogP contribution in [0.4, 0.5) is 0 Å². The number of unbranched alkanes of at least 4 members (excludes halogenated alkanes) is 18. The van der Waals surface area contributed by atoms with Gasteiger partial charge in [0.2, 0.25) is 5.91 Å². The summed E-state index contributed by atoms with van der Waals surface area (Å²) in [7, 11) is 0. The fourth-order valence-corrected chi connectivity index (χ4v) is 4.90. The Morgan fingerprint density at radius 2 is 0.939 bits per heavy atom. The molecule has 0 bridgehead atoms. The van der Waals surface area contributed by atoms with Crippen LogP contribution >= 0.6 is 0 Å². The van der Waals surface area contributed by atoms with Crippen LogP contribution in [0.25, 0.3) is 0 Å². The van der Waals surface area contributed by atoms with Crippen LogP contribution < -0.4 is 5.32 Å². The average molecular weight is 466 g/mol. The van der Waals surface area contributed by atoms with Crippen LogP contribution in [0.2, 0.25) is 0 Å². The molecular formula is C30H59NO2. The Balaban J connectivity index is 1.73. The maximum absolute atomic E-state index is 12.0. The first-order valence-electron chi connectivity index (χ1n) is 15.2. The van der Waals surface area contributed by atoms with E-state index in [2.05, 4.69) is 19.2 Å². The molecule has 1 saturated heterocycles. The number of amides is 1. The van der Waals surface area contributed by atoms with Crippen LogP contribution in [-0.4, -0.2) is 24.7 Å². The smallest absolute Gasteiger partial charge is 0.219 e. The number of carbonyl (C=O) groups excluding carboxylic acids is 1. The van der Waals surface area contributed by atoms with E-state index in [0.717, 1.165) is 19.4 Å². The fraction of sp³-hybridized carbons (Fsp3) is 0.967. The van der Waals surface area contributed by atoms with Gasteiger partial charge in [-0.05, 0) is 25.7 Å². The average Bonchev–Trinajstić information content (AvgIpc) is 3.57. The molecule has 1 rings (SSSR count). The standard InChI is InChI=1S/C30H59NO2/c1-3-5-7-9-11-12-13-14-19-23-27-31-30(32)26-22-18-15-17-21-25-29-28(33-29)24-20-16-10-8-6-4-2/h28-29H,3-27H2,1-2H3,(H,31,32). The Morgan fingerprint density at radius 1 is 0.545 bits per heavy atom. The summed E-state index contributed by atoms with van der Waals surface area (Å²) in [6, 6.07) is 0. The predicted octanol–water partition coefficient (Wildman–Crippen LogP) is 9.27. The van der Waals surface area contributed by atoms with Crippen LogP contribution in [0.15, 0.2) is 0 Å². The highest BCUT2D eigenvalue weighted by atomic mass is 16.6. The summed E-state index contributed by atoms with van der Waals surface area (Å²) >= 11 is 0. The molecule has 3 nitrogen and oxygen atoms in total. The number of ether oxygens (including phenoxy) is 1. The lowest BCUT2D eigenvalue weighted by Gasteiger charge is -2.06. The maximum Gasteiger partial charge on any atom is 0.219 e. The molecule has 0 radical (unpaired) electrons. The van der Waals surface area contributed by atoms with Gasteiger partial charge in [-0.2, -0.15) is 0 Å². The Hall–Kier alpha value is -0.570. The molecule has 0 saturated carbocycles. The Kier molecular flexibility index (Phi) is 21.4. The molecule has 0 aromatic heterocycles. The third kappa shape index (κ3) is 20.5. The summed E-state index contributed by atoms with van der Waals surface area (Å²) in [6.07, 6.45) is 32.2. The summed E-state index contributed by atoms with van der Waals surface area (Å²) in [6.45, 7) is 5.42. The monoisotopic (exact) mass is 465 g/mol. The van der Waals surface area contributed by atoms with E-state index >= 15 is 0 Å². The molecule has 1 N–H and O–H groups in total. The minimum atomic E-state index is 0.259. The lowest BCUT2D eigenvalue weighted by atomic mass is 10.0. The molecule has 0 aromatic rings. The zero-order valence-electron chi connectivity index (χ0n) is 22.6. The first-order chi connectivity index (χ1) is 16.3. The normalized spacial score (nSPS) is 17.4. The van der Waals surface area contributed by atoms with Crippen molar-refractivity contribution in [3.63, 3.8) is 0 Å². The van der Waals surface area contributed by atoms with Crippen molar-refractivity contribution in [2.24, 2.45) is 0 Å². The van der Waals surface area contributed by atoms with Gasteiger partial charge in [-0.15, -0.1) is 0 Å². The van der Waals surface area contributed by atoms with Crippen LogP contribution in [0, 0.1) is 0 Å². The van der Waals surface area contributed by atoms with Crippen molar-refractivity contribution in [3.8, 4) is 0 Å². The molecule has 3 heteroatoms. The molecule has 196 valence electrons. The molecule has 1 fully saturated rings. The van der Waals surface area contributed by atoms with E-state index in [9.17, 15) is 4.79 Å². The van der Waals surface area contributed by atoms with Gasteiger partial charge < -0.3 is 10.1 Å². The van der Waals surface area contributed by atoms with Crippen molar-refractivity contribution in [3.05, 3.63) is 0 Å². The number of epoxide rings is 1. The quantitative estimate of drug-likeness (QED) is 0.102. The van der Waals surface area contributed by atoms with Gasteiger partial charge in [0.15, 0.2) is 0 Å². The van der Waals surface area contributed by atoms with Crippen molar-refractivity contribution < 1.29 is 9.53 Å². The predicted molar refractivity (Wildman–Crippen MR) is 144 cm³/mol. The third-order valence-electron chi connectivity index (χ3n) is 7.27. The largest absolute Gasteiger partial charge is 0.370 e. The lowest BCUT2D eigenvalue weighted by molar-refractivity contribution is -0.121. The summed E-state index contributed by atoms with van der Waals surface area (Å²) < 4.78 is 5.84. The van der Waals surface area contributed by atoms with E-state index < -0.39 is 0 Å². The van der Waals surface area contributed by atoms with Gasteiger partial charge in [-0.25, -0.2) is 0 Å². The minimum absolute atomic E-state index is 0.259. The van der Waals surface area contributed by atoms with Crippen LogP contribution in [0.1, 0.15) is 168 Å². The Morgan fingerprint density at radius 3 is 1.42 bits per heavy atom. The highest BCUT2D eigenvalue weighted by Gasteiger charge is 2.36. The molecule has 0 spiro atoms. The summed E-state index contributed by atoms with van der Waals surface area (Å²) in [5, 5.41) is 3.11. The number of nitrogens with one attached hydrogen (secondary N) is 1. The third-order valence-corrected chi connectivity index (χ3v) is 7.27. The van der Waals surface area contributed by atoms with Gasteiger partial charge in [-0.3, -0.25) is 4.79 Å². The Bertz CT molecular complexity index is 426. The van der Waals surface area contributed by atoms with E-state index in [1.807, 2.05) is 0 Å². The molecule has 1 aliphatic heterocycles. The highest BCUT2D eigenvalue weighted by Crippen LogP contribution is 2.31. The SMILES string of the molecule is CCCCCCCCCCCCNC(=O)CCCCCCCC1OC1CCCCCCCC. The van der Waals surface area contributed by atoms with E-state index in [-0.39, 0.29) is 5.91 Å². The van der Waals surface area contributed by atoms with Crippen LogP contribution in [0.3, 0.4) is 0 Å². The van der Waals surface area contributed by atoms with Crippen molar-refractivity contribution >= 4 is 5.91 Å². The van der Waals surface area contributed by atoms with Crippen LogP contribution in [0.5, 0.6) is 0 Å². The zero-order chi connectivity index (χ0) is 23.8. The summed E-state index contributed by atoms with van der Waals surface area (Å²) in [5.41, 5.74) is 0. The number of rotatable bonds is 26. The van der Waals surface area contributed by atoms with Crippen LogP contribution in [-0.2, 0) is 9.53 Å². The second-order valence-electron chi connectivity index (χ2n) is 10.6. The van der Waals surface area contributed by atoms with E-state index in [1.165, 1.54) is 135 Å². The molecule has 1 amide bonds. The maximum atomic E-state index is 12.0. The molecule has 0 aliphatic carbocycles. The molecule has 2 atom stereocenters. The number of carbonyl (C=O) groups is 1. The topological polar surface area (TPSA) is 41.6 Å². The molecule has 2 unspecified atom stereocenters. The van der Waals surface area contributed by atoms with Gasteiger partial charge in [0.25, 0.3) is 0 Å². The first-order valence-corrected chi connectivity index (χ1v) is 15.2. The van der Waals surface area contributed by atoms with Gasteiger partial charge >= 0.3 is 0 Å². The van der Waals surface area contributed by atoms with Gasteiger partial charge in [0.1, 0.15) is 0 Å². The molecule has 1 aliphatic rings. The molecular weight excluding hydrogens is 406 g/mol. The second-order valence-corrected chi connectivity index (χ2v) is 10.6. The van der Waals surface area contributed by atoms with E-state index in [0.29, 0.717) is 18.6 Å². The minimum Gasteiger partial charge on any atom is -0.370 e. The lowest BCUT2D eigenvalue weighted by Crippen LogP contribution is -2.23. The Labute approximate surface area is 207 Å². The van der Waals surface area contributed by atoms with Gasteiger partial charge in [0.05, 0.1) is 12.2 Å². The van der Waals surface area contributed by atoms with E-state index in [4.69, 9.17) is 4.74 Å². The first kappa shape index (κ1) is 30.5. The summed E-state index contributed by atoms with van der Waals surface area (Å²) in [4.78, 5) is 12.0. The number of hydrogen-bond donors (Lipinski definition) is 1.